The number of hydrogen-bond donors (Lipinski definition) is 3. The molecular weight excluding hydrogens is 206 g/mol. The summed E-state index contributed by atoms with van der Waals surface area (Å²) in [5, 5.41) is 19.7. The standard InChI is InChI=1S/C8H15NO4S/c1-5(2)14-4-7(11)9-6(3-10)8(12)13/h5-6,10H,3-4H2,1-2H3,(H,9,11)(H,12,13). The van der Waals surface area contributed by atoms with E-state index in [-0.39, 0.29) is 11.7 Å². The maximum atomic E-state index is 11.1. The fourth-order valence-corrected chi connectivity index (χ4v) is 1.23. The summed E-state index contributed by atoms with van der Waals surface area (Å²) in [7, 11) is 0. The Morgan fingerprint density at radius 1 is 1.43 bits per heavy atom. The molecule has 1 amide bonds. The van der Waals surface area contributed by atoms with Crippen LogP contribution < -0.4 is 5.32 Å². The molecule has 0 aliphatic rings. The molecule has 0 heterocycles. The fourth-order valence-electron chi connectivity index (χ4n) is 0.664. The van der Waals surface area contributed by atoms with Crippen molar-refractivity contribution in [1.82, 2.24) is 5.32 Å². The molecule has 0 aliphatic heterocycles. The Kier molecular flexibility index (Phi) is 6.31. The molecule has 0 aromatic carbocycles. The average molecular weight is 221 g/mol. The lowest BCUT2D eigenvalue weighted by atomic mass is 10.3. The molecule has 0 saturated carbocycles. The molecule has 0 aromatic heterocycles. The Morgan fingerprint density at radius 3 is 2.36 bits per heavy atom. The predicted molar refractivity (Wildman–Crippen MR) is 54.2 cm³/mol. The number of carbonyl (C=O) groups is 2. The van der Waals surface area contributed by atoms with Crippen molar-refractivity contribution in [2.75, 3.05) is 12.4 Å². The van der Waals surface area contributed by atoms with E-state index in [4.69, 9.17) is 10.2 Å². The molecule has 0 rings (SSSR count). The van der Waals surface area contributed by atoms with Gasteiger partial charge in [0.25, 0.3) is 0 Å². The van der Waals surface area contributed by atoms with Gasteiger partial charge in [-0.1, -0.05) is 13.8 Å². The number of aliphatic hydroxyl groups is 1. The Morgan fingerprint density at radius 2 is 2.00 bits per heavy atom. The Bertz CT molecular complexity index is 208. The van der Waals surface area contributed by atoms with Gasteiger partial charge in [0.1, 0.15) is 6.04 Å². The summed E-state index contributed by atoms with van der Waals surface area (Å²) in [6.45, 7) is 3.30. The lowest BCUT2D eigenvalue weighted by Gasteiger charge is -2.11. The summed E-state index contributed by atoms with van der Waals surface area (Å²) in [6, 6.07) is -1.20. The first-order chi connectivity index (χ1) is 6.47. The van der Waals surface area contributed by atoms with Gasteiger partial charge in [0, 0.05) is 0 Å². The van der Waals surface area contributed by atoms with Gasteiger partial charge in [0.05, 0.1) is 12.4 Å². The van der Waals surface area contributed by atoms with E-state index >= 15 is 0 Å². The number of carboxylic acid groups (broad SMARTS) is 1. The number of hydrogen-bond acceptors (Lipinski definition) is 4. The number of carboxylic acids is 1. The molecule has 3 N–H and O–H groups in total. The molecule has 0 saturated heterocycles. The molecule has 5 nitrogen and oxygen atoms in total. The van der Waals surface area contributed by atoms with Crippen LogP contribution in [0.4, 0.5) is 0 Å². The van der Waals surface area contributed by atoms with Crippen LogP contribution in [0, 0.1) is 0 Å². The maximum Gasteiger partial charge on any atom is 0.328 e. The molecule has 0 fully saturated rings. The highest BCUT2D eigenvalue weighted by Crippen LogP contribution is 2.07. The SMILES string of the molecule is CC(C)SCC(=O)NC(CO)C(=O)O. The van der Waals surface area contributed by atoms with E-state index in [1.54, 1.807) is 0 Å². The number of rotatable bonds is 6. The van der Waals surface area contributed by atoms with Crippen LogP contribution in [0.3, 0.4) is 0 Å². The van der Waals surface area contributed by atoms with Gasteiger partial charge >= 0.3 is 5.97 Å². The van der Waals surface area contributed by atoms with Crippen molar-refractivity contribution in [3.63, 3.8) is 0 Å². The van der Waals surface area contributed by atoms with Gasteiger partial charge in [-0.3, -0.25) is 4.79 Å². The number of carbonyl (C=O) groups excluding carboxylic acids is 1. The third kappa shape index (κ3) is 5.82. The largest absolute Gasteiger partial charge is 0.480 e. The van der Waals surface area contributed by atoms with Crippen LogP contribution in [0.25, 0.3) is 0 Å². The Balaban J connectivity index is 3.85. The lowest BCUT2D eigenvalue weighted by molar-refractivity contribution is -0.142. The number of amides is 1. The molecule has 6 heteroatoms. The summed E-state index contributed by atoms with van der Waals surface area (Å²) < 4.78 is 0. The predicted octanol–water partition coefficient (Wildman–Crippen LogP) is -0.310. The quantitative estimate of drug-likeness (QED) is 0.572. The van der Waals surface area contributed by atoms with Crippen molar-refractivity contribution < 1.29 is 19.8 Å². The molecule has 14 heavy (non-hydrogen) atoms. The average Bonchev–Trinajstić information content (AvgIpc) is 2.10. The highest BCUT2D eigenvalue weighted by atomic mass is 32.2. The van der Waals surface area contributed by atoms with E-state index in [9.17, 15) is 9.59 Å². The molecule has 1 atom stereocenters. The second-order valence-electron chi connectivity index (χ2n) is 3.00. The minimum atomic E-state index is -1.23. The maximum absolute atomic E-state index is 11.1. The van der Waals surface area contributed by atoms with Gasteiger partial charge in [-0.05, 0) is 5.25 Å². The van der Waals surface area contributed by atoms with Gasteiger partial charge in [-0.15, -0.1) is 11.8 Å². The zero-order chi connectivity index (χ0) is 11.1. The first kappa shape index (κ1) is 13.2. The highest BCUT2D eigenvalue weighted by Gasteiger charge is 2.18. The molecule has 0 spiro atoms. The number of nitrogens with one attached hydrogen (secondary N) is 1. The van der Waals surface area contributed by atoms with Crippen molar-refractivity contribution in [2.45, 2.75) is 25.1 Å². The second-order valence-corrected chi connectivity index (χ2v) is 4.57. The van der Waals surface area contributed by atoms with Crippen LogP contribution >= 0.6 is 11.8 Å². The van der Waals surface area contributed by atoms with Gasteiger partial charge in [0.15, 0.2) is 0 Å². The number of aliphatic carboxylic acids is 1. The van der Waals surface area contributed by atoms with Crippen LogP contribution in [-0.2, 0) is 9.59 Å². The van der Waals surface area contributed by atoms with Gasteiger partial charge < -0.3 is 15.5 Å². The lowest BCUT2D eigenvalue weighted by Crippen LogP contribution is -2.44. The summed E-state index contributed by atoms with van der Waals surface area (Å²) in [5.41, 5.74) is 0. The smallest absolute Gasteiger partial charge is 0.328 e. The molecule has 1 unspecified atom stereocenters. The topological polar surface area (TPSA) is 86.6 Å². The van der Waals surface area contributed by atoms with E-state index in [2.05, 4.69) is 5.32 Å². The van der Waals surface area contributed by atoms with Crippen molar-refractivity contribution >= 4 is 23.6 Å². The molecule has 0 aromatic rings. The van der Waals surface area contributed by atoms with Gasteiger partial charge in [-0.2, -0.15) is 0 Å². The third-order valence-electron chi connectivity index (χ3n) is 1.36. The van der Waals surface area contributed by atoms with Crippen LogP contribution in [0.5, 0.6) is 0 Å². The number of thioether (sulfide) groups is 1. The summed E-state index contributed by atoms with van der Waals surface area (Å²) in [6.07, 6.45) is 0. The van der Waals surface area contributed by atoms with Crippen molar-refractivity contribution in [3.8, 4) is 0 Å². The summed E-state index contributed by atoms with van der Waals surface area (Å²) in [4.78, 5) is 21.5. The minimum absolute atomic E-state index is 0.210. The zero-order valence-corrected chi connectivity index (χ0v) is 9.00. The first-order valence-electron chi connectivity index (χ1n) is 4.22. The minimum Gasteiger partial charge on any atom is -0.480 e. The summed E-state index contributed by atoms with van der Waals surface area (Å²) >= 11 is 1.42. The Hall–Kier alpha value is -0.750. The van der Waals surface area contributed by atoms with Crippen LogP contribution in [-0.4, -0.2) is 45.7 Å². The zero-order valence-electron chi connectivity index (χ0n) is 8.19. The van der Waals surface area contributed by atoms with Gasteiger partial charge in [0.2, 0.25) is 5.91 Å². The monoisotopic (exact) mass is 221 g/mol. The fraction of sp³-hybridized carbons (Fsp3) is 0.750. The van der Waals surface area contributed by atoms with E-state index in [0.717, 1.165) is 0 Å². The molecule has 82 valence electrons. The first-order valence-corrected chi connectivity index (χ1v) is 5.27. The number of aliphatic hydroxyl groups excluding tert-OH is 1. The molecule has 0 aliphatic carbocycles. The summed E-state index contributed by atoms with van der Waals surface area (Å²) in [5.74, 6) is -1.39. The van der Waals surface area contributed by atoms with Gasteiger partial charge in [-0.25, -0.2) is 4.79 Å². The molecule has 0 radical (unpaired) electrons. The third-order valence-corrected chi connectivity index (χ3v) is 2.46. The van der Waals surface area contributed by atoms with Crippen molar-refractivity contribution in [2.24, 2.45) is 0 Å². The van der Waals surface area contributed by atoms with Crippen LogP contribution in [0.1, 0.15) is 13.8 Å². The normalized spacial score (nSPS) is 12.6. The van der Waals surface area contributed by atoms with Crippen molar-refractivity contribution in [1.29, 1.82) is 0 Å². The van der Waals surface area contributed by atoms with E-state index in [1.807, 2.05) is 13.8 Å². The van der Waals surface area contributed by atoms with Crippen molar-refractivity contribution in [3.05, 3.63) is 0 Å². The molecule has 0 bridgehead atoms. The van der Waals surface area contributed by atoms with E-state index in [1.165, 1.54) is 11.8 Å². The van der Waals surface area contributed by atoms with E-state index in [0.29, 0.717) is 5.25 Å². The molecular formula is C8H15NO4S. The van der Waals surface area contributed by atoms with Crippen LogP contribution in [0.15, 0.2) is 0 Å². The second kappa shape index (κ2) is 6.67. The van der Waals surface area contributed by atoms with E-state index < -0.39 is 18.6 Å². The Labute approximate surface area is 86.9 Å². The highest BCUT2D eigenvalue weighted by molar-refractivity contribution is 8.00. The van der Waals surface area contributed by atoms with Crippen LogP contribution in [0.2, 0.25) is 0 Å².